The molecule has 0 heterocycles. The molecule has 1 aromatic rings. The van der Waals surface area contributed by atoms with Crippen molar-refractivity contribution >= 4 is 28.6 Å². The van der Waals surface area contributed by atoms with Crippen molar-refractivity contribution in [1.82, 2.24) is 0 Å². The van der Waals surface area contributed by atoms with Gasteiger partial charge in [0, 0.05) is 11.0 Å². The van der Waals surface area contributed by atoms with Gasteiger partial charge < -0.3 is 5.11 Å². The Morgan fingerprint density at radius 3 is 2.60 bits per heavy atom. The first-order chi connectivity index (χ1) is 4.61. The lowest BCUT2D eigenvalue weighted by atomic mass is 10.3. The van der Waals surface area contributed by atoms with E-state index in [0.717, 1.165) is 6.07 Å². The van der Waals surface area contributed by atoms with Crippen LogP contribution in [0.25, 0.3) is 0 Å². The third-order valence-corrected chi connectivity index (χ3v) is 1.98. The van der Waals surface area contributed by atoms with Crippen molar-refractivity contribution < 1.29 is 9.50 Å². The summed E-state index contributed by atoms with van der Waals surface area (Å²) in [5.74, 6) is -0.640. The Morgan fingerprint density at radius 2 is 2.10 bits per heavy atom. The van der Waals surface area contributed by atoms with Gasteiger partial charge in [-0.05, 0) is 22.0 Å². The molecule has 1 rings (SSSR count). The Balaban J connectivity index is 3.28. The van der Waals surface area contributed by atoms with Gasteiger partial charge in [0.15, 0.2) is 0 Å². The van der Waals surface area contributed by atoms with Crippen molar-refractivity contribution in [3.8, 4) is 5.75 Å². The quantitative estimate of drug-likeness (QED) is 0.647. The monoisotopic (exact) mass is 222 g/mol. The summed E-state index contributed by atoms with van der Waals surface area (Å²) in [6.07, 6.45) is 0. The standard InChI is InChI=1S/C6H4BrFOS/c7-3-1-6(10)5(9)2-4(3)8/h1-2,9-10H. The molecule has 0 amide bonds. The van der Waals surface area contributed by atoms with Crippen molar-refractivity contribution in [2.24, 2.45) is 0 Å². The van der Waals surface area contributed by atoms with Crippen LogP contribution in [0, 0.1) is 5.82 Å². The Hall–Kier alpha value is -0.220. The zero-order chi connectivity index (χ0) is 7.72. The van der Waals surface area contributed by atoms with E-state index < -0.39 is 5.82 Å². The normalized spacial score (nSPS) is 9.90. The first-order valence-electron chi connectivity index (χ1n) is 2.48. The highest BCUT2D eigenvalue weighted by Crippen LogP contribution is 2.27. The number of halogens is 2. The SMILES string of the molecule is Oc1cc(F)c(Br)cc1S. The molecule has 0 spiro atoms. The van der Waals surface area contributed by atoms with E-state index in [1.54, 1.807) is 0 Å². The summed E-state index contributed by atoms with van der Waals surface area (Å²) in [5, 5.41) is 8.89. The fourth-order valence-electron chi connectivity index (χ4n) is 0.526. The lowest BCUT2D eigenvalue weighted by Crippen LogP contribution is -1.77. The molecule has 0 aliphatic carbocycles. The van der Waals surface area contributed by atoms with Gasteiger partial charge in [-0.1, -0.05) is 0 Å². The number of rotatable bonds is 0. The molecule has 4 heteroatoms. The zero-order valence-corrected chi connectivity index (χ0v) is 7.29. The molecule has 0 saturated heterocycles. The molecule has 0 unspecified atom stereocenters. The molecule has 1 nitrogen and oxygen atoms in total. The van der Waals surface area contributed by atoms with E-state index in [4.69, 9.17) is 5.11 Å². The number of phenolic OH excluding ortho intramolecular Hbond substituents is 1. The van der Waals surface area contributed by atoms with Crippen molar-refractivity contribution in [2.75, 3.05) is 0 Å². The van der Waals surface area contributed by atoms with Gasteiger partial charge in [-0.15, -0.1) is 12.6 Å². The van der Waals surface area contributed by atoms with Crippen LogP contribution in [0.5, 0.6) is 5.75 Å². The Morgan fingerprint density at radius 1 is 1.50 bits per heavy atom. The third-order valence-electron chi connectivity index (χ3n) is 1.02. The van der Waals surface area contributed by atoms with E-state index in [0.29, 0.717) is 9.37 Å². The number of thiol groups is 1. The smallest absolute Gasteiger partial charge is 0.141 e. The predicted octanol–water partition coefficient (Wildman–Crippen LogP) is 2.58. The molecule has 0 saturated carbocycles. The molecule has 10 heavy (non-hydrogen) atoms. The number of benzene rings is 1. The van der Waals surface area contributed by atoms with Crippen LogP contribution in [0.2, 0.25) is 0 Å². The van der Waals surface area contributed by atoms with E-state index in [1.807, 2.05) is 0 Å². The second kappa shape index (κ2) is 2.80. The van der Waals surface area contributed by atoms with E-state index in [9.17, 15) is 4.39 Å². The number of aromatic hydroxyl groups is 1. The second-order valence-corrected chi connectivity index (χ2v) is 3.09. The van der Waals surface area contributed by atoms with Gasteiger partial charge >= 0.3 is 0 Å². The Labute approximate surface area is 71.4 Å². The lowest BCUT2D eigenvalue weighted by molar-refractivity contribution is 0.455. The van der Waals surface area contributed by atoms with Gasteiger partial charge in [0.25, 0.3) is 0 Å². The molecule has 0 fully saturated rings. The van der Waals surface area contributed by atoms with Gasteiger partial charge in [0.2, 0.25) is 0 Å². The van der Waals surface area contributed by atoms with Crippen molar-refractivity contribution in [1.29, 1.82) is 0 Å². The van der Waals surface area contributed by atoms with Crippen LogP contribution in [0.4, 0.5) is 4.39 Å². The molecule has 1 aromatic carbocycles. The van der Waals surface area contributed by atoms with E-state index in [-0.39, 0.29) is 5.75 Å². The third kappa shape index (κ3) is 1.44. The second-order valence-electron chi connectivity index (χ2n) is 1.76. The largest absolute Gasteiger partial charge is 0.507 e. The average molecular weight is 223 g/mol. The maximum atomic E-state index is 12.5. The van der Waals surface area contributed by atoms with Crippen molar-refractivity contribution in [3.63, 3.8) is 0 Å². The fourth-order valence-corrected chi connectivity index (χ4v) is 1.24. The molecule has 54 valence electrons. The van der Waals surface area contributed by atoms with E-state index in [2.05, 4.69) is 28.6 Å². The van der Waals surface area contributed by atoms with E-state index >= 15 is 0 Å². The highest BCUT2D eigenvalue weighted by atomic mass is 79.9. The van der Waals surface area contributed by atoms with Crippen LogP contribution in [-0.4, -0.2) is 5.11 Å². The van der Waals surface area contributed by atoms with E-state index in [1.165, 1.54) is 6.07 Å². The van der Waals surface area contributed by atoms with Crippen LogP contribution >= 0.6 is 28.6 Å². The maximum absolute atomic E-state index is 12.5. The molecule has 0 aliphatic heterocycles. The van der Waals surface area contributed by atoms with Crippen molar-refractivity contribution in [2.45, 2.75) is 4.90 Å². The molecule has 0 atom stereocenters. The summed E-state index contributed by atoms with van der Waals surface area (Å²) in [7, 11) is 0. The van der Waals surface area contributed by atoms with Crippen LogP contribution in [0.15, 0.2) is 21.5 Å². The minimum atomic E-state index is -0.490. The minimum Gasteiger partial charge on any atom is -0.507 e. The van der Waals surface area contributed by atoms with Gasteiger partial charge in [0.1, 0.15) is 11.6 Å². The Bertz CT molecular complexity index is 214. The first-order valence-corrected chi connectivity index (χ1v) is 3.72. The van der Waals surface area contributed by atoms with Crippen LogP contribution in [-0.2, 0) is 0 Å². The van der Waals surface area contributed by atoms with Gasteiger partial charge in [0.05, 0.1) is 4.47 Å². The Kier molecular flexibility index (Phi) is 2.21. The van der Waals surface area contributed by atoms with Gasteiger partial charge in [-0.2, -0.15) is 0 Å². The first kappa shape index (κ1) is 7.88. The number of hydrogen-bond donors (Lipinski definition) is 2. The summed E-state index contributed by atoms with van der Waals surface area (Å²) in [4.78, 5) is 0.355. The molecular formula is C6H4BrFOS. The summed E-state index contributed by atoms with van der Waals surface area (Å²) in [5.41, 5.74) is 0. The number of hydrogen-bond acceptors (Lipinski definition) is 2. The maximum Gasteiger partial charge on any atom is 0.141 e. The molecule has 0 aliphatic rings. The summed E-state index contributed by atoms with van der Waals surface area (Å²) >= 11 is 6.81. The molecule has 0 aromatic heterocycles. The summed E-state index contributed by atoms with van der Waals surface area (Å²) in [6.45, 7) is 0. The minimum absolute atomic E-state index is 0.149. The summed E-state index contributed by atoms with van der Waals surface area (Å²) < 4.78 is 12.8. The lowest BCUT2D eigenvalue weighted by Gasteiger charge is -1.98. The predicted molar refractivity (Wildman–Crippen MR) is 43.0 cm³/mol. The molecular weight excluding hydrogens is 219 g/mol. The van der Waals surface area contributed by atoms with Crippen LogP contribution < -0.4 is 0 Å². The highest BCUT2D eigenvalue weighted by Gasteiger charge is 2.02. The zero-order valence-electron chi connectivity index (χ0n) is 4.81. The highest BCUT2D eigenvalue weighted by molar-refractivity contribution is 9.10. The molecule has 0 bridgehead atoms. The fraction of sp³-hybridized carbons (Fsp3) is 0. The van der Waals surface area contributed by atoms with Gasteiger partial charge in [-0.3, -0.25) is 0 Å². The van der Waals surface area contributed by atoms with Crippen molar-refractivity contribution in [3.05, 3.63) is 22.4 Å². The van der Waals surface area contributed by atoms with Crippen LogP contribution in [0.1, 0.15) is 0 Å². The van der Waals surface area contributed by atoms with Crippen LogP contribution in [0.3, 0.4) is 0 Å². The topological polar surface area (TPSA) is 20.2 Å². The van der Waals surface area contributed by atoms with Gasteiger partial charge in [-0.25, -0.2) is 4.39 Å². The molecule has 1 N–H and O–H groups in total. The average Bonchev–Trinajstić information content (AvgIpc) is 1.84. The number of phenols is 1. The molecule has 0 radical (unpaired) electrons. The summed E-state index contributed by atoms with van der Waals surface area (Å²) in [6, 6.07) is 2.40.